The predicted octanol–water partition coefficient (Wildman–Crippen LogP) is 4.12. The largest absolute Gasteiger partial charge is 0.457 e. The number of rotatable bonds is 6. The molecule has 0 spiro atoms. The summed E-state index contributed by atoms with van der Waals surface area (Å²) >= 11 is 0. The molecule has 2 aromatic carbocycles. The lowest BCUT2D eigenvalue weighted by molar-refractivity contribution is -0.939. The van der Waals surface area contributed by atoms with E-state index in [-0.39, 0.29) is 18.0 Å². The zero-order valence-electron chi connectivity index (χ0n) is 20.3. The van der Waals surface area contributed by atoms with Gasteiger partial charge in [0.05, 0.1) is 13.1 Å². The number of carbonyl (C=O) groups is 2. The summed E-state index contributed by atoms with van der Waals surface area (Å²) in [5.74, 6) is 1.48. The number of aromatic nitrogens is 1. The summed E-state index contributed by atoms with van der Waals surface area (Å²) in [5, 5.41) is 3.95. The Morgan fingerprint density at radius 1 is 1.03 bits per heavy atom. The van der Waals surface area contributed by atoms with Crippen LogP contribution in [0.25, 0.3) is 0 Å². The summed E-state index contributed by atoms with van der Waals surface area (Å²) < 4.78 is 17.9. The van der Waals surface area contributed by atoms with Crippen LogP contribution in [0.3, 0.4) is 0 Å². The van der Waals surface area contributed by atoms with Gasteiger partial charge in [-0.25, -0.2) is 0 Å². The van der Waals surface area contributed by atoms with Crippen LogP contribution >= 0.6 is 0 Å². The molecule has 4 aliphatic heterocycles. The van der Waals surface area contributed by atoms with Crippen LogP contribution in [0.1, 0.15) is 36.8 Å². The van der Waals surface area contributed by atoms with Gasteiger partial charge in [-0.15, -0.1) is 0 Å². The number of hydrogen-bond acceptors (Lipinski definition) is 6. The van der Waals surface area contributed by atoms with E-state index >= 15 is 0 Å². The fraction of sp³-hybridized carbons (Fsp3) is 0.393. The molecule has 4 aliphatic rings. The van der Waals surface area contributed by atoms with Crippen molar-refractivity contribution in [2.24, 2.45) is 5.92 Å². The van der Waals surface area contributed by atoms with E-state index in [9.17, 15) is 9.59 Å². The van der Waals surface area contributed by atoms with Crippen LogP contribution in [-0.2, 0) is 14.3 Å². The second-order valence-electron chi connectivity index (χ2n) is 10.0. The summed E-state index contributed by atoms with van der Waals surface area (Å²) in [7, 11) is 0. The number of ether oxygens (including phenoxy) is 2. The van der Waals surface area contributed by atoms with Crippen molar-refractivity contribution >= 4 is 17.7 Å². The number of quaternary nitrogens is 1. The molecule has 8 nitrogen and oxygen atoms in total. The van der Waals surface area contributed by atoms with Crippen LogP contribution in [0.5, 0.6) is 11.5 Å². The first kappa shape index (κ1) is 22.8. The van der Waals surface area contributed by atoms with Crippen molar-refractivity contribution in [3.63, 3.8) is 0 Å². The molecule has 0 radical (unpaired) electrons. The standard InChI is InChI=1S/C28H30N3O5/c1-2-30(25-13-16-34-29-25)26(32)18-31-14-11-19(12-15-31)24(17-31)36-28(33)27-20-7-3-5-9-22(20)35-23-10-6-4-8-21(23)27/h3-10,13,16,19,24,27H,2,11-12,14-15,17-18H2,1H3/q+1. The molecule has 1 amide bonds. The Labute approximate surface area is 210 Å². The third-order valence-corrected chi connectivity index (χ3v) is 8.01. The number of esters is 1. The fourth-order valence-corrected chi connectivity index (χ4v) is 6.14. The number of amides is 1. The number of likely N-dealkylation sites (N-methyl/N-ethyl adjacent to an activating group) is 1. The molecule has 36 heavy (non-hydrogen) atoms. The number of hydrogen-bond donors (Lipinski definition) is 0. The molecule has 0 N–H and O–H groups in total. The maximum Gasteiger partial charge on any atom is 0.318 e. The zero-order chi connectivity index (χ0) is 24.7. The van der Waals surface area contributed by atoms with Crippen LogP contribution in [0.15, 0.2) is 65.4 Å². The number of nitrogens with zero attached hydrogens (tertiary/aromatic N) is 3. The predicted molar refractivity (Wildman–Crippen MR) is 132 cm³/mol. The second kappa shape index (κ2) is 9.09. The maximum atomic E-state index is 13.7. The number of para-hydroxylation sites is 2. The maximum absolute atomic E-state index is 13.7. The van der Waals surface area contributed by atoms with Crippen LogP contribution in [0.4, 0.5) is 5.82 Å². The zero-order valence-corrected chi connectivity index (χ0v) is 20.3. The van der Waals surface area contributed by atoms with Gasteiger partial charge in [-0.2, -0.15) is 0 Å². The first-order valence-corrected chi connectivity index (χ1v) is 12.7. The molecular weight excluding hydrogens is 458 g/mol. The molecule has 1 atom stereocenters. The Morgan fingerprint density at radius 2 is 1.69 bits per heavy atom. The number of piperidine rings is 3. The van der Waals surface area contributed by atoms with Crippen molar-refractivity contribution in [1.82, 2.24) is 5.16 Å². The van der Waals surface area contributed by atoms with Crippen LogP contribution in [-0.4, -0.2) is 60.3 Å². The average Bonchev–Trinajstić information content (AvgIpc) is 3.42. The lowest BCUT2D eigenvalue weighted by Gasteiger charge is -2.52. The Hall–Kier alpha value is -3.65. The van der Waals surface area contributed by atoms with E-state index < -0.39 is 5.92 Å². The first-order valence-electron chi connectivity index (χ1n) is 12.7. The van der Waals surface area contributed by atoms with Crippen molar-refractivity contribution in [3.8, 4) is 11.5 Å². The summed E-state index contributed by atoms with van der Waals surface area (Å²) in [6.07, 6.45) is 3.16. The van der Waals surface area contributed by atoms with Gasteiger partial charge in [0.1, 0.15) is 30.2 Å². The van der Waals surface area contributed by atoms with Gasteiger partial charge in [0.25, 0.3) is 5.91 Å². The van der Waals surface area contributed by atoms with Gasteiger partial charge >= 0.3 is 5.97 Å². The Bertz CT molecular complexity index is 1220. The minimum Gasteiger partial charge on any atom is -0.457 e. The highest BCUT2D eigenvalue weighted by Crippen LogP contribution is 2.45. The van der Waals surface area contributed by atoms with E-state index in [1.807, 2.05) is 55.5 Å². The van der Waals surface area contributed by atoms with Gasteiger partial charge in [0.15, 0.2) is 18.5 Å². The summed E-state index contributed by atoms with van der Waals surface area (Å²) in [6, 6.07) is 17.0. The van der Waals surface area contributed by atoms with Crippen molar-refractivity contribution in [3.05, 3.63) is 72.0 Å². The molecule has 3 aromatic rings. The van der Waals surface area contributed by atoms with Gasteiger partial charge < -0.3 is 18.5 Å². The molecule has 0 aliphatic carbocycles. The van der Waals surface area contributed by atoms with Gasteiger partial charge in [-0.3, -0.25) is 14.5 Å². The molecule has 8 heteroatoms. The molecule has 2 bridgehead atoms. The monoisotopic (exact) mass is 488 g/mol. The molecule has 3 saturated heterocycles. The van der Waals surface area contributed by atoms with Gasteiger partial charge in [0, 0.05) is 42.5 Å². The van der Waals surface area contributed by atoms with E-state index in [4.69, 9.17) is 14.0 Å². The molecule has 1 unspecified atom stereocenters. The number of fused-ring (bicyclic) bond motifs is 5. The van der Waals surface area contributed by atoms with E-state index in [1.54, 1.807) is 11.0 Å². The Morgan fingerprint density at radius 3 is 2.31 bits per heavy atom. The Kier molecular flexibility index (Phi) is 5.76. The van der Waals surface area contributed by atoms with Crippen molar-refractivity contribution in [2.45, 2.75) is 31.8 Å². The highest BCUT2D eigenvalue weighted by Gasteiger charge is 2.50. The molecule has 7 rings (SSSR count). The lowest BCUT2D eigenvalue weighted by Crippen LogP contribution is -2.66. The SMILES string of the molecule is CCN(C(=O)C[N+]12CCC(CC1)C(OC(=O)C1c3ccccc3Oc3ccccc31)C2)c1ccon1. The van der Waals surface area contributed by atoms with Crippen molar-refractivity contribution < 1.29 is 28.1 Å². The smallest absolute Gasteiger partial charge is 0.318 e. The summed E-state index contributed by atoms with van der Waals surface area (Å²) in [5.41, 5.74) is 1.65. The highest BCUT2D eigenvalue weighted by molar-refractivity contribution is 5.93. The minimum absolute atomic E-state index is 0.0177. The lowest BCUT2D eigenvalue weighted by atomic mass is 9.82. The van der Waals surface area contributed by atoms with E-state index in [0.717, 1.165) is 37.1 Å². The van der Waals surface area contributed by atoms with E-state index in [1.165, 1.54) is 6.26 Å². The van der Waals surface area contributed by atoms with Crippen molar-refractivity contribution in [1.29, 1.82) is 0 Å². The van der Waals surface area contributed by atoms with Crippen LogP contribution in [0, 0.1) is 5.92 Å². The molecule has 1 aromatic heterocycles. The molecular formula is C28H30N3O5+. The number of benzene rings is 2. The fourth-order valence-electron chi connectivity index (χ4n) is 6.14. The molecule has 3 fully saturated rings. The van der Waals surface area contributed by atoms with Crippen LogP contribution < -0.4 is 9.64 Å². The molecule has 186 valence electrons. The quantitative estimate of drug-likeness (QED) is 0.384. The number of anilines is 1. The normalized spacial score (nSPS) is 24.4. The third kappa shape index (κ3) is 3.95. The summed E-state index contributed by atoms with van der Waals surface area (Å²) in [6.45, 7) is 5.32. The molecule has 0 saturated carbocycles. The van der Waals surface area contributed by atoms with Gasteiger partial charge in [0.2, 0.25) is 0 Å². The van der Waals surface area contributed by atoms with E-state index in [0.29, 0.717) is 47.4 Å². The topological polar surface area (TPSA) is 81.9 Å². The second-order valence-corrected chi connectivity index (χ2v) is 10.0. The highest BCUT2D eigenvalue weighted by atomic mass is 16.5. The van der Waals surface area contributed by atoms with Crippen LogP contribution in [0.2, 0.25) is 0 Å². The first-order chi connectivity index (χ1) is 17.6. The van der Waals surface area contributed by atoms with Gasteiger partial charge in [-0.05, 0) is 19.1 Å². The third-order valence-electron chi connectivity index (χ3n) is 8.01. The van der Waals surface area contributed by atoms with Gasteiger partial charge in [-0.1, -0.05) is 41.6 Å². The minimum atomic E-state index is -0.528. The number of carbonyl (C=O) groups excluding carboxylic acids is 2. The van der Waals surface area contributed by atoms with E-state index in [2.05, 4.69) is 5.16 Å². The average molecular weight is 489 g/mol. The molecule has 5 heterocycles. The van der Waals surface area contributed by atoms with Crippen molar-refractivity contribution in [2.75, 3.05) is 37.6 Å². The summed E-state index contributed by atoms with van der Waals surface area (Å²) in [4.78, 5) is 28.7. The Balaban J connectivity index is 1.21.